The van der Waals surface area contributed by atoms with E-state index in [1.54, 1.807) is 0 Å². The first-order valence-electron chi connectivity index (χ1n) is 4.45. The smallest absolute Gasteiger partial charge is 0.150 e. The molecule has 1 saturated carbocycles. The minimum absolute atomic E-state index is 0.125. The van der Waals surface area contributed by atoms with E-state index in [2.05, 4.69) is 5.92 Å². The van der Waals surface area contributed by atoms with Crippen LogP contribution in [-0.4, -0.2) is 11.8 Å². The number of nitrogens with two attached hydrogens (primary N) is 1. The zero-order valence-corrected chi connectivity index (χ0v) is 7.25. The van der Waals surface area contributed by atoms with Gasteiger partial charge in [0.25, 0.3) is 0 Å². The van der Waals surface area contributed by atoms with Crippen molar-refractivity contribution in [3.63, 3.8) is 0 Å². The third-order valence-corrected chi connectivity index (χ3v) is 2.25. The maximum atomic E-state index is 11.2. The molecule has 1 atom stereocenters. The molecule has 1 fully saturated rings. The fraction of sp³-hybridized carbons (Fsp3) is 0.700. The summed E-state index contributed by atoms with van der Waals surface area (Å²) in [6, 6.07) is -0.422. The van der Waals surface area contributed by atoms with Gasteiger partial charge in [0.05, 0.1) is 6.04 Å². The van der Waals surface area contributed by atoms with Crippen molar-refractivity contribution in [2.45, 2.75) is 38.1 Å². The molecule has 66 valence electrons. The van der Waals surface area contributed by atoms with Crippen molar-refractivity contribution in [3.05, 3.63) is 0 Å². The number of hydrogen-bond acceptors (Lipinski definition) is 2. The van der Waals surface area contributed by atoms with E-state index in [9.17, 15) is 4.79 Å². The maximum absolute atomic E-state index is 11.2. The lowest BCUT2D eigenvalue weighted by Crippen LogP contribution is -2.29. The van der Waals surface area contributed by atoms with E-state index in [4.69, 9.17) is 12.2 Å². The van der Waals surface area contributed by atoms with Gasteiger partial charge in [-0.25, -0.2) is 0 Å². The fourth-order valence-corrected chi connectivity index (χ4v) is 1.18. The van der Waals surface area contributed by atoms with Gasteiger partial charge in [-0.3, -0.25) is 4.79 Å². The van der Waals surface area contributed by atoms with E-state index >= 15 is 0 Å². The van der Waals surface area contributed by atoms with Crippen LogP contribution in [0.25, 0.3) is 0 Å². The van der Waals surface area contributed by atoms with Crippen LogP contribution in [-0.2, 0) is 4.79 Å². The van der Waals surface area contributed by atoms with E-state index in [1.807, 2.05) is 0 Å². The van der Waals surface area contributed by atoms with E-state index in [0.29, 0.717) is 12.8 Å². The number of carbonyl (C=O) groups excluding carboxylic acids is 1. The van der Waals surface area contributed by atoms with E-state index in [1.165, 1.54) is 12.8 Å². The van der Waals surface area contributed by atoms with Crippen LogP contribution in [0.2, 0.25) is 0 Å². The zero-order chi connectivity index (χ0) is 8.97. The van der Waals surface area contributed by atoms with Crippen molar-refractivity contribution >= 4 is 5.78 Å². The minimum atomic E-state index is -0.422. The quantitative estimate of drug-likeness (QED) is 0.620. The predicted molar refractivity (Wildman–Crippen MR) is 48.4 cm³/mol. The molecule has 2 N–H and O–H groups in total. The molecule has 2 nitrogen and oxygen atoms in total. The van der Waals surface area contributed by atoms with Crippen LogP contribution < -0.4 is 5.73 Å². The Kier molecular flexibility index (Phi) is 3.31. The average Bonchev–Trinajstić information content (AvgIpc) is 2.83. The van der Waals surface area contributed by atoms with Crippen molar-refractivity contribution in [3.8, 4) is 12.3 Å². The minimum Gasteiger partial charge on any atom is -0.321 e. The zero-order valence-electron chi connectivity index (χ0n) is 7.25. The number of rotatable bonds is 5. The van der Waals surface area contributed by atoms with Gasteiger partial charge < -0.3 is 5.73 Å². The molecule has 12 heavy (non-hydrogen) atoms. The second kappa shape index (κ2) is 4.27. The molecular formula is C10H15NO. The van der Waals surface area contributed by atoms with E-state index in [-0.39, 0.29) is 5.78 Å². The molecule has 0 spiro atoms. The summed E-state index contributed by atoms with van der Waals surface area (Å²) in [6.45, 7) is 0. The molecule has 0 heterocycles. The average molecular weight is 165 g/mol. The Hall–Kier alpha value is -0.810. The fourth-order valence-electron chi connectivity index (χ4n) is 1.18. The van der Waals surface area contributed by atoms with Crippen LogP contribution in [0.4, 0.5) is 0 Å². The van der Waals surface area contributed by atoms with Crippen LogP contribution in [0.5, 0.6) is 0 Å². The highest BCUT2D eigenvalue weighted by Crippen LogP contribution is 2.33. The van der Waals surface area contributed by atoms with Gasteiger partial charge in [0.15, 0.2) is 5.78 Å². The molecule has 0 amide bonds. The molecule has 0 bridgehead atoms. The Labute approximate surface area is 73.5 Å². The van der Waals surface area contributed by atoms with Gasteiger partial charge in [-0.05, 0) is 12.3 Å². The first-order chi connectivity index (χ1) is 5.74. The Morgan fingerprint density at radius 2 is 2.33 bits per heavy atom. The molecule has 1 rings (SSSR count). The molecule has 1 unspecified atom stereocenters. The molecule has 0 aromatic rings. The Morgan fingerprint density at radius 3 is 2.83 bits per heavy atom. The van der Waals surface area contributed by atoms with Gasteiger partial charge in [-0.1, -0.05) is 12.8 Å². The van der Waals surface area contributed by atoms with Gasteiger partial charge >= 0.3 is 0 Å². The van der Waals surface area contributed by atoms with E-state index in [0.717, 1.165) is 12.3 Å². The second-order valence-electron chi connectivity index (χ2n) is 3.46. The highest BCUT2D eigenvalue weighted by atomic mass is 16.1. The molecule has 0 aliphatic heterocycles. The summed E-state index contributed by atoms with van der Waals surface area (Å²) in [5.41, 5.74) is 5.54. The van der Waals surface area contributed by atoms with Gasteiger partial charge in [0.1, 0.15) is 0 Å². The lowest BCUT2D eigenvalue weighted by atomic mass is 10.0. The third kappa shape index (κ3) is 3.06. The molecule has 1 aliphatic rings. The van der Waals surface area contributed by atoms with Crippen molar-refractivity contribution in [2.75, 3.05) is 0 Å². The number of Topliss-reactive ketones (excluding diaryl/α,β-unsaturated/α-hetero) is 1. The Bertz CT molecular complexity index is 200. The summed E-state index contributed by atoms with van der Waals surface area (Å²) in [7, 11) is 0. The molecule has 0 aromatic carbocycles. The van der Waals surface area contributed by atoms with E-state index < -0.39 is 6.04 Å². The summed E-state index contributed by atoms with van der Waals surface area (Å²) in [5, 5.41) is 0. The molecule has 0 aromatic heterocycles. The first-order valence-corrected chi connectivity index (χ1v) is 4.45. The largest absolute Gasteiger partial charge is 0.321 e. The van der Waals surface area contributed by atoms with Gasteiger partial charge in [-0.15, -0.1) is 12.3 Å². The predicted octanol–water partition coefficient (Wildman–Crippen LogP) is 1.10. The van der Waals surface area contributed by atoms with Crippen LogP contribution in [0, 0.1) is 18.3 Å². The van der Waals surface area contributed by atoms with Crippen molar-refractivity contribution < 1.29 is 4.79 Å². The topological polar surface area (TPSA) is 43.1 Å². The number of carbonyl (C=O) groups is 1. The first kappa shape index (κ1) is 9.28. The summed E-state index contributed by atoms with van der Waals surface area (Å²) < 4.78 is 0. The molecule has 1 aliphatic carbocycles. The summed E-state index contributed by atoms with van der Waals surface area (Å²) in [5.74, 6) is 3.33. The van der Waals surface area contributed by atoms with Crippen LogP contribution in [0.1, 0.15) is 32.1 Å². The van der Waals surface area contributed by atoms with Crippen LogP contribution >= 0.6 is 0 Å². The Morgan fingerprint density at radius 1 is 1.67 bits per heavy atom. The highest BCUT2D eigenvalue weighted by molar-refractivity contribution is 5.84. The van der Waals surface area contributed by atoms with Crippen molar-refractivity contribution in [1.29, 1.82) is 0 Å². The summed E-state index contributed by atoms with van der Waals surface area (Å²) in [4.78, 5) is 11.2. The van der Waals surface area contributed by atoms with Crippen molar-refractivity contribution in [2.24, 2.45) is 11.7 Å². The summed E-state index contributed by atoms with van der Waals surface area (Å²) >= 11 is 0. The van der Waals surface area contributed by atoms with Crippen LogP contribution in [0.15, 0.2) is 0 Å². The highest BCUT2D eigenvalue weighted by Gasteiger charge is 2.23. The lowest BCUT2D eigenvalue weighted by Gasteiger charge is -2.05. The van der Waals surface area contributed by atoms with Crippen LogP contribution in [0.3, 0.4) is 0 Å². The normalized spacial score (nSPS) is 18.3. The number of ketones is 1. The standard InChI is InChI=1S/C10H15NO/c1-2-3-9(11)10(12)7-6-8-4-5-8/h1,8-9H,3-7,11H2. The lowest BCUT2D eigenvalue weighted by molar-refractivity contribution is -0.120. The number of terminal acetylenes is 1. The van der Waals surface area contributed by atoms with Gasteiger partial charge in [0.2, 0.25) is 0 Å². The maximum Gasteiger partial charge on any atom is 0.150 e. The summed E-state index contributed by atoms with van der Waals surface area (Å²) in [6.07, 6.45) is 9.64. The molecule has 0 saturated heterocycles. The van der Waals surface area contributed by atoms with Crippen molar-refractivity contribution in [1.82, 2.24) is 0 Å². The SMILES string of the molecule is C#CCC(N)C(=O)CCC1CC1. The second-order valence-corrected chi connectivity index (χ2v) is 3.46. The molecule has 2 heteroatoms. The van der Waals surface area contributed by atoms with Gasteiger partial charge in [-0.2, -0.15) is 0 Å². The van der Waals surface area contributed by atoms with Gasteiger partial charge in [0, 0.05) is 12.8 Å². The monoisotopic (exact) mass is 165 g/mol. The Balaban J connectivity index is 2.13. The molecular weight excluding hydrogens is 150 g/mol. The third-order valence-electron chi connectivity index (χ3n) is 2.25. The number of hydrogen-bond donors (Lipinski definition) is 1. The molecule has 0 radical (unpaired) electrons.